The molecule has 1 N–H and O–H groups in total. The van der Waals surface area contributed by atoms with Crippen LogP contribution in [0.4, 0.5) is 11.4 Å². The zero-order valence-corrected chi connectivity index (χ0v) is 27.5. The van der Waals surface area contributed by atoms with Gasteiger partial charge in [-0.05, 0) is 99.6 Å². The molecular formula is C48H34N2. The van der Waals surface area contributed by atoms with Crippen LogP contribution in [0.2, 0.25) is 0 Å². The van der Waals surface area contributed by atoms with Crippen molar-refractivity contribution in [3.8, 4) is 50.2 Å². The third-order valence-electron chi connectivity index (χ3n) is 9.59. The van der Waals surface area contributed by atoms with Crippen LogP contribution in [0.15, 0.2) is 200 Å². The molecule has 0 saturated carbocycles. The zero-order valence-electron chi connectivity index (χ0n) is 27.5. The standard InChI is InChI=1S/C48H34N2/c1-3-19-39(20-4-1)49-46-27-11-9-25-43(46)38-18-14-17-37(32-38)42-24-8-7-23-41(42)36-16-13-15-34(31-36)35-29-30-48-45(33-35)44-26-10-12-28-47(44)50(48)40-21-5-2-6-22-40/h1-33,49H. The number of hydrogen-bond acceptors (Lipinski definition) is 1. The molecule has 0 amide bonds. The average Bonchev–Trinajstić information content (AvgIpc) is 3.53. The van der Waals surface area contributed by atoms with Crippen LogP contribution in [-0.2, 0) is 0 Å². The Morgan fingerprint density at radius 2 is 0.840 bits per heavy atom. The molecule has 50 heavy (non-hydrogen) atoms. The molecule has 1 heterocycles. The summed E-state index contributed by atoms with van der Waals surface area (Å²) in [5.74, 6) is 0. The van der Waals surface area contributed by atoms with Crippen LogP contribution in [0.25, 0.3) is 72.0 Å². The first-order chi connectivity index (χ1) is 24.8. The predicted molar refractivity (Wildman–Crippen MR) is 212 cm³/mol. The number of para-hydroxylation sites is 4. The molecule has 0 aliphatic carbocycles. The summed E-state index contributed by atoms with van der Waals surface area (Å²) in [6.45, 7) is 0. The van der Waals surface area contributed by atoms with Gasteiger partial charge in [0.05, 0.1) is 11.0 Å². The number of fused-ring (bicyclic) bond motifs is 3. The van der Waals surface area contributed by atoms with Crippen LogP contribution in [0.5, 0.6) is 0 Å². The second-order valence-corrected chi connectivity index (χ2v) is 12.7. The van der Waals surface area contributed by atoms with E-state index in [1.165, 1.54) is 72.0 Å². The number of hydrogen-bond donors (Lipinski definition) is 1. The summed E-state index contributed by atoms with van der Waals surface area (Å²) >= 11 is 0. The molecule has 2 heteroatoms. The Labute approximate surface area is 292 Å². The number of anilines is 2. The number of nitrogens with one attached hydrogen (secondary N) is 1. The lowest BCUT2D eigenvalue weighted by molar-refractivity contribution is 1.18. The van der Waals surface area contributed by atoms with E-state index in [4.69, 9.17) is 0 Å². The van der Waals surface area contributed by atoms with E-state index >= 15 is 0 Å². The van der Waals surface area contributed by atoms with E-state index < -0.39 is 0 Å². The Balaban J connectivity index is 1.10. The summed E-state index contributed by atoms with van der Waals surface area (Å²) in [6.07, 6.45) is 0. The minimum Gasteiger partial charge on any atom is -0.355 e. The van der Waals surface area contributed by atoms with Crippen molar-refractivity contribution in [3.63, 3.8) is 0 Å². The lowest BCUT2D eigenvalue weighted by atomic mass is 9.91. The van der Waals surface area contributed by atoms with Crippen molar-refractivity contribution in [1.82, 2.24) is 4.57 Å². The summed E-state index contributed by atoms with van der Waals surface area (Å²) in [7, 11) is 0. The second-order valence-electron chi connectivity index (χ2n) is 12.7. The maximum absolute atomic E-state index is 3.62. The fourth-order valence-electron chi connectivity index (χ4n) is 7.24. The normalized spacial score (nSPS) is 11.2. The van der Waals surface area contributed by atoms with Crippen LogP contribution < -0.4 is 5.32 Å². The molecular weight excluding hydrogens is 605 g/mol. The molecule has 8 aromatic carbocycles. The van der Waals surface area contributed by atoms with Gasteiger partial charge in [0.15, 0.2) is 0 Å². The van der Waals surface area contributed by atoms with Crippen LogP contribution in [0, 0.1) is 0 Å². The fraction of sp³-hybridized carbons (Fsp3) is 0. The van der Waals surface area contributed by atoms with Crippen LogP contribution in [-0.4, -0.2) is 4.57 Å². The van der Waals surface area contributed by atoms with Gasteiger partial charge in [0.2, 0.25) is 0 Å². The third kappa shape index (κ3) is 5.43. The molecule has 0 aliphatic rings. The SMILES string of the molecule is c1ccc(Nc2ccccc2-c2cccc(-c3ccccc3-c3cccc(-c4ccc5c(c4)c4ccccc4n5-c4ccccc4)c3)c2)cc1. The van der Waals surface area contributed by atoms with E-state index in [1.807, 2.05) is 6.07 Å². The molecule has 9 aromatic rings. The number of aromatic nitrogens is 1. The Hall–Kier alpha value is -6.64. The molecule has 0 spiro atoms. The monoisotopic (exact) mass is 638 g/mol. The van der Waals surface area contributed by atoms with Crippen molar-refractivity contribution in [1.29, 1.82) is 0 Å². The van der Waals surface area contributed by atoms with Crippen molar-refractivity contribution in [3.05, 3.63) is 200 Å². The predicted octanol–water partition coefficient (Wildman–Crippen LogP) is 13.2. The van der Waals surface area contributed by atoms with Crippen molar-refractivity contribution < 1.29 is 0 Å². The first-order valence-corrected chi connectivity index (χ1v) is 17.1. The Morgan fingerprint density at radius 3 is 1.58 bits per heavy atom. The van der Waals surface area contributed by atoms with Crippen LogP contribution in [0.1, 0.15) is 0 Å². The van der Waals surface area contributed by atoms with Gasteiger partial charge in [-0.15, -0.1) is 0 Å². The van der Waals surface area contributed by atoms with Crippen molar-refractivity contribution in [2.24, 2.45) is 0 Å². The summed E-state index contributed by atoms with van der Waals surface area (Å²) in [6, 6.07) is 71.7. The Bertz CT molecular complexity index is 2610. The summed E-state index contributed by atoms with van der Waals surface area (Å²) in [5, 5.41) is 6.13. The van der Waals surface area contributed by atoms with Gasteiger partial charge in [0, 0.05) is 33.4 Å². The van der Waals surface area contributed by atoms with Gasteiger partial charge >= 0.3 is 0 Å². The van der Waals surface area contributed by atoms with E-state index in [0.717, 1.165) is 11.4 Å². The zero-order chi connectivity index (χ0) is 33.3. The van der Waals surface area contributed by atoms with Crippen molar-refractivity contribution in [2.45, 2.75) is 0 Å². The lowest BCUT2D eigenvalue weighted by Crippen LogP contribution is -1.93. The third-order valence-corrected chi connectivity index (χ3v) is 9.59. The smallest absolute Gasteiger partial charge is 0.0541 e. The van der Waals surface area contributed by atoms with E-state index in [1.54, 1.807) is 0 Å². The van der Waals surface area contributed by atoms with Crippen LogP contribution >= 0.6 is 0 Å². The molecule has 0 bridgehead atoms. The molecule has 0 atom stereocenters. The van der Waals surface area contributed by atoms with Gasteiger partial charge in [-0.3, -0.25) is 0 Å². The van der Waals surface area contributed by atoms with Gasteiger partial charge in [-0.1, -0.05) is 140 Å². The molecule has 0 saturated heterocycles. The highest BCUT2D eigenvalue weighted by molar-refractivity contribution is 6.10. The molecule has 0 aliphatic heterocycles. The van der Waals surface area contributed by atoms with Gasteiger partial charge in [0.25, 0.3) is 0 Å². The summed E-state index contributed by atoms with van der Waals surface area (Å²) in [4.78, 5) is 0. The maximum atomic E-state index is 3.62. The van der Waals surface area contributed by atoms with E-state index in [2.05, 4.69) is 204 Å². The van der Waals surface area contributed by atoms with E-state index in [0.29, 0.717) is 0 Å². The molecule has 0 unspecified atom stereocenters. The number of benzene rings is 8. The summed E-state index contributed by atoms with van der Waals surface area (Å²) in [5.41, 5.74) is 15.3. The van der Waals surface area contributed by atoms with Crippen molar-refractivity contribution >= 4 is 33.2 Å². The van der Waals surface area contributed by atoms with E-state index in [-0.39, 0.29) is 0 Å². The molecule has 0 fully saturated rings. The molecule has 0 radical (unpaired) electrons. The Kier molecular flexibility index (Phi) is 7.53. The minimum absolute atomic E-state index is 1.07. The first kappa shape index (κ1) is 29.5. The molecule has 2 nitrogen and oxygen atoms in total. The van der Waals surface area contributed by atoms with Gasteiger partial charge in [0.1, 0.15) is 0 Å². The molecule has 1 aromatic heterocycles. The lowest BCUT2D eigenvalue weighted by Gasteiger charge is -2.15. The fourth-order valence-corrected chi connectivity index (χ4v) is 7.24. The van der Waals surface area contributed by atoms with Crippen LogP contribution in [0.3, 0.4) is 0 Å². The quantitative estimate of drug-likeness (QED) is 0.184. The maximum Gasteiger partial charge on any atom is 0.0541 e. The largest absolute Gasteiger partial charge is 0.355 e. The number of rotatable bonds is 7. The average molecular weight is 639 g/mol. The summed E-state index contributed by atoms with van der Waals surface area (Å²) < 4.78 is 2.37. The highest BCUT2D eigenvalue weighted by atomic mass is 15.0. The van der Waals surface area contributed by atoms with Gasteiger partial charge in [-0.25, -0.2) is 0 Å². The topological polar surface area (TPSA) is 17.0 Å². The highest BCUT2D eigenvalue weighted by Crippen LogP contribution is 2.39. The van der Waals surface area contributed by atoms with Gasteiger partial charge < -0.3 is 9.88 Å². The Morgan fingerprint density at radius 1 is 0.320 bits per heavy atom. The van der Waals surface area contributed by atoms with E-state index in [9.17, 15) is 0 Å². The van der Waals surface area contributed by atoms with Gasteiger partial charge in [-0.2, -0.15) is 0 Å². The molecule has 9 rings (SSSR count). The highest BCUT2D eigenvalue weighted by Gasteiger charge is 2.15. The minimum atomic E-state index is 1.07. The number of nitrogens with zero attached hydrogens (tertiary/aromatic N) is 1. The first-order valence-electron chi connectivity index (χ1n) is 17.1. The molecule has 236 valence electrons. The second kappa shape index (κ2) is 12.8. The van der Waals surface area contributed by atoms with Crippen molar-refractivity contribution in [2.75, 3.05) is 5.32 Å².